The van der Waals surface area contributed by atoms with E-state index in [1.807, 2.05) is 19.1 Å². The normalized spacial score (nSPS) is 10.4. The minimum atomic E-state index is -0.361. The molecule has 0 atom stereocenters. The molecule has 3 rings (SSSR count). The highest BCUT2D eigenvalue weighted by Gasteiger charge is 2.09. The summed E-state index contributed by atoms with van der Waals surface area (Å²) in [7, 11) is 0. The van der Waals surface area contributed by atoms with E-state index in [1.54, 1.807) is 30.3 Å². The standard InChI is InChI=1S/C18H14Cl2N4O/c1-11-5-6-14(8-15(11)20)23-17-10-21-16(9-22-17)18(25)24-13-4-2-3-12(19)7-13/h2-10H,1H3,(H,22,23)(H,24,25). The number of amides is 1. The number of carbonyl (C=O) groups is 1. The van der Waals surface area contributed by atoms with E-state index in [4.69, 9.17) is 23.2 Å². The van der Waals surface area contributed by atoms with Gasteiger partial charge in [-0.25, -0.2) is 9.97 Å². The smallest absolute Gasteiger partial charge is 0.275 e. The van der Waals surface area contributed by atoms with Gasteiger partial charge in [-0.2, -0.15) is 0 Å². The van der Waals surface area contributed by atoms with Gasteiger partial charge < -0.3 is 10.6 Å². The number of hydrogen-bond acceptors (Lipinski definition) is 4. The van der Waals surface area contributed by atoms with Crippen molar-refractivity contribution in [1.29, 1.82) is 0 Å². The highest BCUT2D eigenvalue weighted by Crippen LogP contribution is 2.22. The van der Waals surface area contributed by atoms with E-state index in [-0.39, 0.29) is 11.6 Å². The number of halogens is 2. The highest BCUT2D eigenvalue weighted by atomic mass is 35.5. The second-order valence-electron chi connectivity index (χ2n) is 5.34. The predicted octanol–water partition coefficient (Wildman–Crippen LogP) is 5.09. The van der Waals surface area contributed by atoms with Gasteiger partial charge >= 0.3 is 0 Å². The van der Waals surface area contributed by atoms with Crippen LogP contribution in [-0.2, 0) is 0 Å². The quantitative estimate of drug-likeness (QED) is 0.669. The van der Waals surface area contributed by atoms with Crippen molar-refractivity contribution in [2.75, 3.05) is 10.6 Å². The zero-order valence-electron chi connectivity index (χ0n) is 13.3. The molecule has 2 N–H and O–H groups in total. The van der Waals surface area contributed by atoms with Crippen LogP contribution in [0.3, 0.4) is 0 Å². The van der Waals surface area contributed by atoms with Crippen LogP contribution in [0, 0.1) is 6.92 Å². The van der Waals surface area contributed by atoms with Gasteiger partial charge in [-0.15, -0.1) is 0 Å². The maximum absolute atomic E-state index is 12.2. The topological polar surface area (TPSA) is 66.9 Å². The average Bonchev–Trinajstić information content (AvgIpc) is 2.59. The van der Waals surface area contributed by atoms with Crippen LogP contribution in [0.4, 0.5) is 17.2 Å². The zero-order valence-corrected chi connectivity index (χ0v) is 14.8. The number of nitrogens with one attached hydrogen (secondary N) is 2. The fourth-order valence-corrected chi connectivity index (χ4v) is 2.46. The number of rotatable bonds is 4. The first-order chi connectivity index (χ1) is 12.0. The minimum absolute atomic E-state index is 0.201. The lowest BCUT2D eigenvalue weighted by Crippen LogP contribution is -2.14. The van der Waals surface area contributed by atoms with Crippen molar-refractivity contribution in [2.24, 2.45) is 0 Å². The maximum atomic E-state index is 12.2. The first-order valence-corrected chi connectivity index (χ1v) is 8.19. The van der Waals surface area contributed by atoms with Gasteiger partial charge in [0.05, 0.1) is 12.4 Å². The Bertz CT molecular complexity index is 913. The Morgan fingerprint density at radius 2 is 1.84 bits per heavy atom. The van der Waals surface area contributed by atoms with E-state index < -0.39 is 0 Å². The third-order valence-corrected chi connectivity index (χ3v) is 4.05. The molecule has 0 saturated carbocycles. The van der Waals surface area contributed by atoms with Gasteiger partial charge in [0.25, 0.3) is 5.91 Å². The Balaban J connectivity index is 1.69. The molecule has 1 heterocycles. The molecule has 1 amide bonds. The summed E-state index contributed by atoms with van der Waals surface area (Å²) >= 11 is 12.0. The summed E-state index contributed by atoms with van der Waals surface area (Å²) in [6, 6.07) is 12.5. The molecule has 0 aliphatic carbocycles. The number of aryl methyl sites for hydroxylation is 1. The van der Waals surface area contributed by atoms with Crippen molar-refractivity contribution < 1.29 is 4.79 Å². The van der Waals surface area contributed by atoms with E-state index in [9.17, 15) is 4.79 Å². The van der Waals surface area contributed by atoms with Crippen molar-refractivity contribution in [3.05, 3.63) is 76.2 Å². The average molecular weight is 373 g/mol. The first kappa shape index (κ1) is 17.2. The molecular weight excluding hydrogens is 359 g/mol. The fourth-order valence-electron chi connectivity index (χ4n) is 2.09. The molecular formula is C18H14Cl2N4O. The van der Waals surface area contributed by atoms with Crippen molar-refractivity contribution in [3.63, 3.8) is 0 Å². The van der Waals surface area contributed by atoms with E-state index in [0.717, 1.165) is 11.3 Å². The van der Waals surface area contributed by atoms with Crippen molar-refractivity contribution in [1.82, 2.24) is 9.97 Å². The minimum Gasteiger partial charge on any atom is -0.339 e. The first-order valence-electron chi connectivity index (χ1n) is 7.43. The largest absolute Gasteiger partial charge is 0.339 e. The number of anilines is 3. The van der Waals surface area contributed by atoms with E-state index in [1.165, 1.54) is 12.4 Å². The fraction of sp³-hybridized carbons (Fsp3) is 0.0556. The molecule has 0 aliphatic rings. The van der Waals surface area contributed by atoms with Crippen LogP contribution in [0.5, 0.6) is 0 Å². The lowest BCUT2D eigenvalue weighted by Gasteiger charge is -2.08. The molecule has 7 heteroatoms. The van der Waals surface area contributed by atoms with Gasteiger partial charge in [0.1, 0.15) is 11.5 Å². The van der Waals surface area contributed by atoms with Gasteiger partial charge in [-0.3, -0.25) is 4.79 Å². The van der Waals surface area contributed by atoms with Gasteiger partial charge in [0.15, 0.2) is 0 Å². The van der Waals surface area contributed by atoms with Crippen LogP contribution in [0.15, 0.2) is 54.9 Å². The molecule has 0 saturated heterocycles. The van der Waals surface area contributed by atoms with Crippen LogP contribution in [0.2, 0.25) is 10.0 Å². The number of benzene rings is 2. The lowest BCUT2D eigenvalue weighted by atomic mass is 10.2. The Morgan fingerprint density at radius 3 is 2.52 bits per heavy atom. The predicted molar refractivity (Wildman–Crippen MR) is 101 cm³/mol. The van der Waals surface area contributed by atoms with Crippen LogP contribution >= 0.6 is 23.2 Å². The second kappa shape index (κ2) is 7.51. The molecule has 0 fully saturated rings. The van der Waals surface area contributed by atoms with E-state index in [0.29, 0.717) is 21.6 Å². The van der Waals surface area contributed by atoms with Gasteiger partial charge in [0, 0.05) is 21.4 Å². The van der Waals surface area contributed by atoms with Crippen LogP contribution < -0.4 is 10.6 Å². The molecule has 2 aromatic carbocycles. The third kappa shape index (κ3) is 4.47. The van der Waals surface area contributed by atoms with Crippen LogP contribution in [0.1, 0.15) is 16.1 Å². The number of nitrogens with zero attached hydrogens (tertiary/aromatic N) is 2. The molecule has 5 nitrogen and oxygen atoms in total. The summed E-state index contributed by atoms with van der Waals surface area (Å²) < 4.78 is 0. The highest BCUT2D eigenvalue weighted by molar-refractivity contribution is 6.31. The summed E-state index contributed by atoms with van der Waals surface area (Å²) in [5, 5.41) is 7.01. The van der Waals surface area contributed by atoms with Crippen LogP contribution in [-0.4, -0.2) is 15.9 Å². The Kier molecular flexibility index (Phi) is 5.16. The molecule has 25 heavy (non-hydrogen) atoms. The molecule has 0 unspecified atom stereocenters. The lowest BCUT2D eigenvalue weighted by molar-refractivity contribution is 0.102. The Labute approximate surface area is 155 Å². The van der Waals surface area contributed by atoms with Crippen LogP contribution in [0.25, 0.3) is 0 Å². The maximum Gasteiger partial charge on any atom is 0.275 e. The summed E-state index contributed by atoms with van der Waals surface area (Å²) in [6.45, 7) is 1.93. The van der Waals surface area contributed by atoms with E-state index >= 15 is 0 Å². The number of hydrogen-bond donors (Lipinski definition) is 2. The molecule has 1 aromatic heterocycles. The molecule has 0 radical (unpaired) electrons. The van der Waals surface area contributed by atoms with E-state index in [2.05, 4.69) is 20.6 Å². The Hall–Kier alpha value is -2.63. The summed E-state index contributed by atoms with van der Waals surface area (Å²) in [5.41, 5.74) is 2.58. The molecule has 126 valence electrons. The van der Waals surface area contributed by atoms with Gasteiger partial charge in [0.2, 0.25) is 0 Å². The summed E-state index contributed by atoms with van der Waals surface area (Å²) in [4.78, 5) is 20.5. The second-order valence-corrected chi connectivity index (χ2v) is 6.18. The van der Waals surface area contributed by atoms with Crippen molar-refractivity contribution in [3.8, 4) is 0 Å². The molecule has 3 aromatic rings. The van der Waals surface area contributed by atoms with Crippen molar-refractivity contribution in [2.45, 2.75) is 6.92 Å². The monoisotopic (exact) mass is 372 g/mol. The van der Waals surface area contributed by atoms with Gasteiger partial charge in [-0.1, -0.05) is 35.3 Å². The Morgan fingerprint density at radius 1 is 1.00 bits per heavy atom. The zero-order chi connectivity index (χ0) is 17.8. The SMILES string of the molecule is Cc1ccc(Nc2cnc(C(=O)Nc3cccc(Cl)c3)cn2)cc1Cl. The molecule has 0 spiro atoms. The summed E-state index contributed by atoms with van der Waals surface area (Å²) in [6.07, 6.45) is 2.89. The van der Waals surface area contributed by atoms with Gasteiger partial charge in [-0.05, 0) is 42.8 Å². The molecule has 0 aliphatic heterocycles. The third-order valence-electron chi connectivity index (χ3n) is 3.41. The number of aromatic nitrogens is 2. The van der Waals surface area contributed by atoms with Crippen molar-refractivity contribution >= 4 is 46.3 Å². The number of carbonyl (C=O) groups excluding carboxylic acids is 1. The summed E-state index contributed by atoms with van der Waals surface area (Å²) in [5.74, 6) is 0.152. The molecule has 0 bridgehead atoms.